The van der Waals surface area contributed by atoms with Gasteiger partial charge in [0.15, 0.2) is 0 Å². The van der Waals surface area contributed by atoms with Crippen LogP contribution in [-0.4, -0.2) is 29.7 Å². The molecule has 0 saturated heterocycles. The van der Waals surface area contributed by atoms with E-state index in [0.717, 1.165) is 57.2 Å². The minimum absolute atomic E-state index is 0. The van der Waals surface area contributed by atoms with Crippen LogP contribution in [0.5, 0.6) is 0 Å². The van der Waals surface area contributed by atoms with Gasteiger partial charge in [0.1, 0.15) is 0 Å². The molecular formula is C71H49F2Ir3N6-5. The number of aromatic nitrogens is 6. The Morgan fingerprint density at radius 2 is 0.732 bits per heavy atom. The van der Waals surface area contributed by atoms with E-state index in [1.165, 1.54) is 44.3 Å². The molecule has 0 saturated carbocycles. The Hall–Kier alpha value is -8.62. The van der Waals surface area contributed by atoms with Crippen LogP contribution in [0.25, 0.3) is 84.1 Å². The Kier molecular flexibility index (Phi) is 25.8. The molecule has 0 N–H and O–H groups in total. The average Bonchev–Trinajstić information content (AvgIpc) is 4.10. The summed E-state index contributed by atoms with van der Waals surface area (Å²) in [7, 11) is 0. The monoisotopic (exact) mass is 1600 g/mol. The fourth-order valence-electron chi connectivity index (χ4n) is 7.86. The summed E-state index contributed by atoms with van der Waals surface area (Å²) >= 11 is 0. The number of hydrogen-bond acceptors (Lipinski definition) is 5. The van der Waals surface area contributed by atoms with Gasteiger partial charge in [-0.25, -0.2) is 0 Å². The molecule has 11 heteroatoms. The van der Waals surface area contributed by atoms with Gasteiger partial charge in [-0.3, -0.25) is 13.5 Å². The largest absolute Gasteiger partial charge is 0.305 e. The van der Waals surface area contributed by atoms with Gasteiger partial charge in [-0.2, -0.15) is 11.2 Å². The van der Waals surface area contributed by atoms with Crippen LogP contribution >= 0.6 is 0 Å². The molecular weight excluding hydrogens is 1550 g/mol. The van der Waals surface area contributed by atoms with E-state index in [0.29, 0.717) is 0 Å². The van der Waals surface area contributed by atoms with Gasteiger partial charge in [-0.15, -0.1) is 144 Å². The molecule has 13 rings (SSSR count). The zero-order chi connectivity index (χ0) is 54.1. The summed E-state index contributed by atoms with van der Waals surface area (Å²) in [5, 5.41) is 3.80. The van der Waals surface area contributed by atoms with Crippen molar-refractivity contribution in [3.8, 4) is 84.1 Å². The Morgan fingerprint density at radius 1 is 0.305 bits per heavy atom. The summed E-state index contributed by atoms with van der Waals surface area (Å²) in [6.07, 6.45) is 10.3. The smallest absolute Gasteiger partial charge is 0.0493 e. The summed E-state index contributed by atoms with van der Waals surface area (Å²) in [5.41, 5.74) is 15.2. The molecule has 0 unspecified atom stereocenters. The third kappa shape index (κ3) is 18.7. The van der Waals surface area contributed by atoms with Crippen molar-refractivity contribution in [1.82, 2.24) is 29.7 Å². The van der Waals surface area contributed by atoms with E-state index in [4.69, 9.17) is 0 Å². The zero-order valence-corrected chi connectivity index (χ0v) is 50.9. The molecule has 13 aromatic rings. The van der Waals surface area contributed by atoms with Gasteiger partial charge in [0, 0.05) is 109 Å². The van der Waals surface area contributed by atoms with E-state index in [-0.39, 0.29) is 66.0 Å². The second kappa shape index (κ2) is 33.8. The van der Waals surface area contributed by atoms with Crippen molar-refractivity contribution in [2.75, 3.05) is 0 Å². The summed E-state index contributed by atoms with van der Waals surface area (Å²) in [4.78, 5) is 17.3. The fraction of sp³-hybridized carbons (Fsp3) is 0. The predicted octanol–water partition coefficient (Wildman–Crippen LogP) is 17.1. The Morgan fingerprint density at radius 3 is 1.12 bits per heavy atom. The molecule has 6 nitrogen and oxygen atoms in total. The summed E-state index contributed by atoms with van der Waals surface area (Å²) < 4.78 is 26.9. The normalized spacial score (nSPS) is 9.78. The second-order valence-electron chi connectivity index (χ2n) is 17.2. The minimum Gasteiger partial charge on any atom is -0.305 e. The summed E-state index contributed by atoms with van der Waals surface area (Å²) in [6, 6.07) is 99.8. The van der Waals surface area contributed by atoms with E-state index in [1.54, 1.807) is 30.9 Å². The maximum atomic E-state index is 13.1. The molecule has 0 atom stereocenters. The van der Waals surface area contributed by atoms with Crippen LogP contribution in [-0.2, 0) is 60.3 Å². The van der Waals surface area contributed by atoms with E-state index < -0.39 is 11.6 Å². The summed E-state index contributed by atoms with van der Waals surface area (Å²) in [5.74, 6) is -1.32. The van der Waals surface area contributed by atoms with Crippen molar-refractivity contribution in [3.05, 3.63) is 340 Å². The first-order valence-corrected chi connectivity index (χ1v) is 25.2. The Balaban J connectivity index is 0.000000168. The molecule has 409 valence electrons. The van der Waals surface area contributed by atoms with Crippen molar-refractivity contribution < 1.29 is 69.1 Å². The third-order valence-electron chi connectivity index (χ3n) is 11.8. The van der Waals surface area contributed by atoms with Gasteiger partial charge in [0.05, 0.1) is 0 Å². The van der Waals surface area contributed by atoms with Crippen molar-refractivity contribution >= 4 is 0 Å². The van der Waals surface area contributed by atoms with Gasteiger partial charge >= 0.3 is 0 Å². The molecule has 5 aromatic heterocycles. The first-order chi connectivity index (χ1) is 39.0. The maximum absolute atomic E-state index is 13.1. The van der Waals surface area contributed by atoms with Crippen LogP contribution in [0.3, 0.4) is 0 Å². The topological polar surface area (TPSA) is 69.4 Å². The molecule has 0 fully saturated rings. The van der Waals surface area contributed by atoms with E-state index >= 15 is 0 Å². The predicted molar refractivity (Wildman–Crippen MR) is 313 cm³/mol. The number of halogens is 2. The molecule has 3 radical (unpaired) electrons. The fourth-order valence-corrected chi connectivity index (χ4v) is 7.86. The Labute approximate surface area is 518 Å². The van der Waals surface area contributed by atoms with Crippen LogP contribution in [0.1, 0.15) is 0 Å². The van der Waals surface area contributed by atoms with E-state index in [2.05, 4.69) is 134 Å². The number of nitrogens with zero attached hydrogens (tertiary/aromatic N) is 6. The van der Waals surface area contributed by atoms with Gasteiger partial charge in [-0.05, 0) is 69.9 Å². The van der Waals surface area contributed by atoms with E-state index in [1.807, 2.05) is 170 Å². The molecule has 0 aliphatic carbocycles. The van der Waals surface area contributed by atoms with Gasteiger partial charge in [0.25, 0.3) is 0 Å². The second-order valence-corrected chi connectivity index (χ2v) is 17.2. The number of pyridine rings is 4. The van der Waals surface area contributed by atoms with Crippen molar-refractivity contribution in [3.63, 3.8) is 0 Å². The van der Waals surface area contributed by atoms with Crippen LogP contribution in [0.15, 0.2) is 298 Å². The van der Waals surface area contributed by atoms with Crippen molar-refractivity contribution in [1.29, 1.82) is 0 Å². The number of hydrogen-bond donors (Lipinski definition) is 0. The van der Waals surface area contributed by atoms with Gasteiger partial charge < -0.3 is 19.9 Å². The summed E-state index contributed by atoms with van der Waals surface area (Å²) in [6.45, 7) is 0. The molecule has 0 aliphatic heterocycles. The average molecular weight is 1600 g/mol. The van der Waals surface area contributed by atoms with Crippen LogP contribution in [0.2, 0.25) is 0 Å². The number of benzene rings is 8. The zero-order valence-electron chi connectivity index (χ0n) is 43.7. The maximum Gasteiger partial charge on any atom is 0.0493 e. The van der Waals surface area contributed by atoms with Crippen LogP contribution in [0.4, 0.5) is 8.78 Å². The molecule has 5 heterocycles. The molecule has 8 aromatic carbocycles. The van der Waals surface area contributed by atoms with Crippen LogP contribution < -0.4 is 0 Å². The first-order valence-electron chi connectivity index (χ1n) is 25.2. The molecule has 0 bridgehead atoms. The van der Waals surface area contributed by atoms with Crippen molar-refractivity contribution in [2.45, 2.75) is 0 Å². The quantitative estimate of drug-likeness (QED) is 0.142. The number of rotatable bonds is 8. The first kappa shape index (κ1) is 62.6. The van der Waals surface area contributed by atoms with Gasteiger partial charge in [-0.1, -0.05) is 156 Å². The van der Waals surface area contributed by atoms with Crippen molar-refractivity contribution in [2.24, 2.45) is 0 Å². The van der Waals surface area contributed by atoms with E-state index in [9.17, 15) is 8.78 Å². The minimum atomic E-state index is -0.677. The third-order valence-corrected chi connectivity index (χ3v) is 11.8. The Bertz CT molecular complexity index is 3600. The molecule has 0 aliphatic rings. The standard InChI is InChI=1S/C23H16N.C17H12N.2C11H8N.C9H5F2N2.3Ir/c1-3-7-18(8-4-1)20-11-13-21(14-12-20)23-17-22(15-16-24-23)19-9-5-2-6-10-19;1-2-6-14(7-3-1)15-9-11-16(12-10-15)17-8-4-5-13-18-17;2*1-2-6-10(7-3-1)11-8-4-5-9-12-11;10-7-2-3-9(8(11)6-7)13-5-1-4-12-13;;;/h1-13,15-17H;1-11,13H;2*1-6,8-9H;1-2,4-6H;;;/q5*-1;;;. The van der Waals surface area contributed by atoms with Crippen LogP contribution in [0, 0.1) is 42.0 Å². The molecule has 0 amide bonds. The SMILES string of the molecule is Fc1c[c-]c(-n2cccn2)c(F)c1.[Ir].[Ir].[Ir].[c-]1cc(-c2ccccc2)ccc1-c1cc(-c2ccccc2)ccn1.[c-]1cc(-c2ccccc2)ccc1-c1ccccn1.[c-]1ccccc1-c1ccccn1.[c-]1ccccc1-c1ccccn1. The van der Waals surface area contributed by atoms with Gasteiger partial charge in [0.2, 0.25) is 0 Å². The molecule has 0 spiro atoms. The molecule has 82 heavy (non-hydrogen) atoms.